The number of rotatable bonds is 52. The van der Waals surface area contributed by atoms with Gasteiger partial charge in [-0.25, -0.2) is 0 Å². The lowest BCUT2D eigenvalue weighted by atomic mass is 10.1. The molecule has 0 aromatic carbocycles. The zero-order valence-electron chi connectivity index (χ0n) is 45.3. The molecule has 0 heterocycles. The third-order valence-corrected chi connectivity index (χ3v) is 12.4. The van der Waals surface area contributed by atoms with Gasteiger partial charge < -0.3 is 14.2 Å². The summed E-state index contributed by atoms with van der Waals surface area (Å²) in [5, 5.41) is 0. The molecule has 6 nitrogen and oxygen atoms in total. The molecule has 0 spiro atoms. The predicted octanol–water partition coefficient (Wildman–Crippen LogP) is 19.5. The van der Waals surface area contributed by atoms with Crippen LogP contribution in [0.4, 0.5) is 0 Å². The van der Waals surface area contributed by atoms with Gasteiger partial charge in [0, 0.05) is 19.3 Å². The van der Waals surface area contributed by atoms with E-state index in [2.05, 4.69) is 106 Å². The molecule has 0 aliphatic carbocycles. The average molecular weight is 962 g/mol. The van der Waals surface area contributed by atoms with Crippen molar-refractivity contribution in [1.82, 2.24) is 0 Å². The van der Waals surface area contributed by atoms with Gasteiger partial charge in [0.05, 0.1) is 0 Å². The molecule has 0 amide bonds. The van der Waals surface area contributed by atoms with Crippen molar-refractivity contribution >= 4 is 17.9 Å². The van der Waals surface area contributed by atoms with Gasteiger partial charge in [-0.05, 0) is 116 Å². The second-order valence-corrected chi connectivity index (χ2v) is 19.2. The van der Waals surface area contributed by atoms with Crippen LogP contribution < -0.4 is 0 Å². The minimum atomic E-state index is -0.796. The van der Waals surface area contributed by atoms with Crippen LogP contribution in [0.5, 0.6) is 0 Å². The van der Waals surface area contributed by atoms with Gasteiger partial charge in [-0.3, -0.25) is 14.4 Å². The molecular formula is C63H108O6. The minimum Gasteiger partial charge on any atom is -0.462 e. The lowest BCUT2D eigenvalue weighted by molar-refractivity contribution is -0.167. The standard InChI is InChI=1S/C63H108O6/c1-4-7-10-13-16-19-22-25-27-29-31-33-35-38-41-44-47-50-53-56-62(65)68-59-60(58-67-61(64)55-52-49-46-43-40-37-24-21-18-15-12-9-6-3)69-63(66)57-54-51-48-45-42-39-36-34-32-30-28-26-23-20-17-14-11-8-5-2/h7,10,16,19,21,24-25,27,30-33,38,41,60H,4-6,8-9,11-15,17-18,20,22-23,26,28-29,34-37,39-40,42-59H2,1-3H3/b10-7-,19-16-,24-21-,27-25-,32-30-,33-31-,41-38-/t60-/m1/s1. The average Bonchev–Trinajstić information content (AvgIpc) is 3.35. The Morgan fingerprint density at radius 1 is 0.304 bits per heavy atom. The van der Waals surface area contributed by atoms with E-state index in [0.717, 1.165) is 103 Å². The van der Waals surface area contributed by atoms with Crippen LogP contribution in [0.3, 0.4) is 0 Å². The first-order valence-electron chi connectivity index (χ1n) is 29.1. The molecule has 396 valence electrons. The highest BCUT2D eigenvalue weighted by Gasteiger charge is 2.19. The van der Waals surface area contributed by atoms with Crippen molar-refractivity contribution in [1.29, 1.82) is 0 Å². The van der Waals surface area contributed by atoms with Crippen LogP contribution in [0.25, 0.3) is 0 Å². The highest BCUT2D eigenvalue weighted by molar-refractivity contribution is 5.71. The Morgan fingerprint density at radius 2 is 0.565 bits per heavy atom. The number of hydrogen-bond donors (Lipinski definition) is 0. The normalized spacial score (nSPS) is 12.7. The Labute approximate surface area is 426 Å². The Bertz CT molecular complexity index is 1330. The van der Waals surface area contributed by atoms with Crippen LogP contribution in [0.15, 0.2) is 85.1 Å². The summed E-state index contributed by atoms with van der Waals surface area (Å²) in [6, 6.07) is 0. The van der Waals surface area contributed by atoms with Crippen LogP contribution in [0.2, 0.25) is 0 Å². The maximum Gasteiger partial charge on any atom is 0.306 e. The summed E-state index contributed by atoms with van der Waals surface area (Å²) < 4.78 is 16.8. The second-order valence-electron chi connectivity index (χ2n) is 19.2. The van der Waals surface area contributed by atoms with E-state index in [4.69, 9.17) is 14.2 Å². The van der Waals surface area contributed by atoms with Crippen LogP contribution in [-0.4, -0.2) is 37.2 Å². The molecule has 0 aromatic heterocycles. The van der Waals surface area contributed by atoms with E-state index in [-0.39, 0.29) is 31.1 Å². The van der Waals surface area contributed by atoms with Gasteiger partial charge in [-0.1, -0.05) is 228 Å². The number of carbonyl (C=O) groups excluding carboxylic acids is 3. The zero-order chi connectivity index (χ0) is 50.0. The van der Waals surface area contributed by atoms with Crippen molar-refractivity contribution in [2.75, 3.05) is 13.2 Å². The van der Waals surface area contributed by atoms with E-state index in [0.29, 0.717) is 19.3 Å². The molecule has 0 bridgehead atoms. The molecule has 1 atom stereocenters. The van der Waals surface area contributed by atoms with Gasteiger partial charge in [0.15, 0.2) is 6.10 Å². The maximum absolute atomic E-state index is 12.9. The summed E-state index contributed by atoms with van der Waals surface area (Å²) in [5.41, 5.74) is 0. The van der Waals surface area contributed by atoms with E-state index >= 15 is 0 Å². The first-order valence-corrected chi connectivity index (χ1v) is 29.1. The van der Waals surface area contributed by atoms with Crippen LogP contribution in [-0.2, 0) is 28.6 Å². The summed E-state index contributed by atoms with van der Waals surface area (Å²) in [7, 11) is 0. The van der Waals surface area contributed by atoms with Crippen molar-refractivity contribution in [2.24, 2.45) is 0 Å². The molecule has 0 saturated carbocycles. The zero-order valence-corrected chi connectivity index (χ0v) is 45.3. The third kappa shape index (κ3) is 55.4. The number of hydrogen-bond acceptors (Lipinski definition) is 6. The van der Waals surface area contributed by atoms with Crippen molar-refractivity contribution < 1.29 is 28.6 Å². The van der Waals surface area contributed by atoms with Crippen LogP contribution >= 0.6 is 0 Å². The Hall–Kier alpha value is -3.41. The molecule has 0 radical (unpaired) electrons. The molecular weight excluding hydrogens is 853 g/mol. The topological polar surface area (TPSA) is 78.9 Å². The monoisotopic (exact) mass is 961 g/mol. The van der Waals surface area contributed by atoms with E-state index < -0.39 is 6.10 Å². The fourth-order valence-corrected chi connectivity index (χ4v) is 7.99. The maximum atomic E-state index is 12.9. The SMILES string of the molecule is CC/C=C\C/C=C\C/C=C\C/C=C\C/C=C\CCCCCC(=O)OC[C@@H](COC(=O)CCCCCCC/C=C\CCCCCC)OC(=O)CCCCCCCCC/C=C\CCCCCCCCCC. The number of allylic oxidation sites excluding steroid dienone is 14. The fourth-order valence-electron chi connectivity index (χ4n) is 7.99. The first kappa shape index (κ1) is 65.6. The van der Waals surface area contributed by atoms with Gasteiger partial charge in [-0.15, -0.1) is 0 Å². The smallest absolute Gasteiger partial charge is 0.306 e. The summed E-state index contributed by atoms with van der Waals surface area (Å²) in [6.45, 7) is 6.49. The lowest BCUT2D eigenvalue weighted by Crippen LogP contribution is -2.30. The first-order chi connectivity index (χ1) is 34.0. The molecule has 0 saturated heterocycles. The molecule has 0 unspecified atom stereocenters. The third-order valence-electron chi connectivity index (χ3n) is 12.4. The number of carbonyl (C=O) groups is 3. The molecule has 0 rings (SSSR count). The lowest BCUT2D eigenvalue weighted by Gasteiger charge is -2.18. The Morgan fingerprint density at radius 3 is 0.928 bits per heavy atom. The molecule has 6 heteroatoms. The Kier molecular flexibility index (Phi) is 54.3. The quantitative estimate of drug-likeness (QED) is 0.0262. The largest absolute Gasteiger partial charge is 0.462 e. The summed E-state index contributed by atoms with van der Waals surface area (Å²) in [5.74, 6) is -0.933. The number of unbranched alkanes of at least 4 members (excludes halogenated alkanes) is 27. The van der Waals surface area contributed by atoms with E-state index in [1.165, 1.54) is 135 Å². The van der Waals surface area contributed by atoms with Crippen molar-refractivity contribution in [3.63, 3.8) is 0 Å². The van der Waals surface area contributed by atoms with Gasteiger partial charge >= 0.3 is 17.9 Å². The van der Waals surface area contributed by atoms with E-state index in [1.807, 2.05) is 0 Å². The van der Waals surface area contributed by atoms with Gasteiger partial charge in [0.2, 0.25) is 0 Å². The highest BCUT2D eigenvalue weighted by Crippen LogP contribution is 2.15. The molecule has 0 aliphatic heterocycles. The number of ether oxygens (including phenoxy) is 3. The van der Waals surface area contributed by atoms with Crippen LogP contribution in [0.1, 0.15) is 278 Å². The van der Waals surface area contributed by atoms with Gasteiger partial charge in [0.1, 0.15) is 13.2 Å². The summed E-state index contributed by atoms with van der Waals surface area (Å²) in [6.07, 6.45) is 74.3. The summed E-state index contributed by atoms with van der Waals surface area (Å²) >= 11 is 0. The molecule has 0 N–H and O–H groups in total. The molecule has 0 aliphatic rings. The minimum absolute atomic E-state index is 0.0930. The van der Waals surface area contributed by atoms with Gasteiger partial charge in [0.25, 0.3) is 0 Å². The van der Waals surface area contributed by atoms with E-state index in [1.54, 1.807) is 0 Å². The molecule has 0 aromatic rings. The van der Waals surface area contributed by atoms with Crippen LogP contribution in [0, 0.1) is 0 Å². The van der Waals surface area contributed by atoms with Crippen molar-refractivity contribution in [3.8, 4) is 0 Å². The highest BCUT2D eigenvalue weighted by atomic mass is 16.6. The second kappa shape index (κ2) is 57.2. The van der Waals surface area contributed by atoms with Gasteiger partial charge in [-0.2, -0.15) is 0 Å². The molecule has 0 fully saturated rings. The molecule has 69 heavy (non-hydrogen) atoms. The predicted molar refractivity (Wildman–Crippen MR) is 297 cm³/mol. The number of esters is 3. The van der Waals surface area contributed by atoms with Crippen molar-refractivity contribution in [2.45, 2.75) is 284 Å². The fraction of sp³-hybridized carbons (Fsp3) is 0.730. The Balaban J connectivity index is 4.44. The van der Waals surface area contributed by atoms with Crippen molar-refractivity contribution in [3.05, 3.63) is 85.1 Å². The van der Waals surface area contributed by atoms with E-state index in [9.17, 15) is 14.4 Å². The summed E-state index contributed by atoms with van der Waals surface area (Å²) in [4.78, 5) is 38.2.